The zero-order valence-corrected chi connectivity index (χ0v) is 17.1. The fourth-order valence-electron chi connectivity index (χ4n) is 4.18. The number of nitrogens with zero attached hydrogens (tertiary/aromatic N) is 2. The molecule has 4 rings (SSSR count). The smallest absolute Gasteiger partial charge is 0.125 e. The van der Waals surface area contributed by atoms with Gasteiger partial charge in [0.15, 0.2) is 0 Å². The van der Waals surface area contributed by atoms with Crippen LogP contribution in [-0.4, -0.2) is 47.5 Å². The first-order chi connectivity index (χ1) is 13.6. The minimum atomic E-state index is -0.184. The molecule has 0 spiro atoms. The van der Waals surface area contributed by atoms with Crippen molar-refractivity contribution in [1.29, 1.82) is 0 Å². The molecule has 0 amide bonds. The monoisotopic (exact) mass is 399 g/mol. The Kier molecular flexibility index (Phi) is 6.00. The average molecular weight is 400 g/mol. The summed E-state index contributed by atoms with van der Waals surface area (Å²) in [4.78, 5) is 8.39. The number of H-pyrrole nitrogens is 1. The Hall–Kier alpha value is -1.88. The molecule has 3 nitrogen and oxygen atoms in total. The number of rotatable bonds is 6. The third-order valence-corrected chi connectivity index (χ3v) is 6.02. The van der Waals surface area contributed by atoms with Gasteiger partial charge in [-0.3, -0.25) is 4.90 Å². The fourth-order valence-corrected chi connectivity index (χ4v) is 4.31. The van der Waals surface area contributed by atoms with Crippen molar-refractivity contribution in [3.8, 4) is 0 Å². The standard InChI is InChI=1S/C23H27ClFN3/c1-17-21(22-9-8-20(25)15-23(22)26-17)3-2-10-27-11-13-28(14-12-27)16-18-4-6-19(24)7-5-18/h4-9,15,26H,2-3,10-14,16H2,1H3. The maximum absolute atomic E-state index is 13.4. The summed E-state index contributed by atoms with van der Waals surface area (Å²) in [5, 5.41) is 1.95. The van der Waals surface area contributed by atoms with Crippen molar-refractivity contribution in [2.75, 3.05) is 32.7 Å². The minimum Gasteiger partial charge on any atom is -0.358 e. The Bertz CT molecular complexity index is 927. The molecule has 3 aromatic rings. The molecule has 0 atom stereocenters. The lowest BCUT2D eigenvalue weighted by Gasteiger charge is -2.34. The Balaban J connectivity index is 1.25. The van der Waals surface area contributed by atoms with Gasteiger partial charge in [0.1, 0.15) is 5.82 Å². The second kappa shape index (κ2) is 8.64. The fraction of sp³-hybridized carbons (Fsp3) is 0.391. The van der Waals surface area contributed by atoms with Crippen LogP contribution in [0.15, 0.2) is 42.5 Å². The first kappa shape index (κ1) is 19.4. The SMILES string of the molecule is Cc1[nH]c2cc(F)ccc2c1CCCN1CCN(Cc2ccc(Cl)cc2)CC1. The van der Waals surface area contributed by atoms with Crippen LogP contribution in [-0.2, 0) is 13.0 Å². The largest absolute Gasteiger partial charge is 0.358 e. The zero-order chi connectivity index (χ0) is 19.5. The van der Waals surface area contributed by atoms with Crippen molar-refractivity contribution in [1.82, 2.24) is 14.8 Å². The van der Waals surface area contributed by atoms with Crippen LogP contribution in [0.4, 0.5) is 4.39 Å². The lowest BCUT2D eigenvalue weighted by molar-refractivity contribution is 0.126. The normalized spacial score (nSPS) is 16.1. The van der Waals surface area contributed by atoms with E-state index in [0.29, 0.717) is 0 Å². The molecule has 2 heterocycles. The summed E-state index contributed by atoms with van der Waals surface area (Å²) in [6.07, 6.45) is 2.16. The van der Waals surface area contributed by atoms with Gasteiger partial charge in [-0.25, -0.2) is 4.39 Å². The topological polar surface area (TPSA) is 22.3 Å². The van der Waals surface area contributed by atoms with Gasteiger partial charge in [-0.2, -0.15) is 0 Å². The maximum atomic E-state index is 13.4. The molecule has 0 saturated carbocycles. The number of halogens is 2. The number of hydrogen-bond acceptors (Lipinski definition) is 2. The predicted octanol–water partition coefficient (Wildman–Crippen LogP) is 5.02. The molecule has 1 aliphatic heterocycles. The second-order valence-corrected chi connectivity index (χ2v) is 8.20. The van der Waals surface area contributed by atoms with Crippen molar-refractivity contribution < 1.29 is 4.39 Å². The van der Waals surface area contributed by atoms with Crippen molar-refractivity contribution in [3.05, 3.63) is 70.1 Å². The van der Waals surface area contributed by atoms with E-state index in [1.807, 2.05) is 18.2 Å². The van der Waals surface area contributed by atoms with Crippen LogP contribution in [0, 0.1) is 12.7 Å². The van der Waals surface area contributed by atoms with Gasteiger partial charge in [-0.05, 0) is 67.8 Å². The van der Waals surface area contributed by atoms with Crippen molar-refractivity contribution in [2.45, 2.75) is 26.3 Å². The van der Waals surface area contributed by atoms with Crippen LogP contribution in [0.5, 0.6) is 0 Å². The number of aromatic nitrogens is 1. The molecule has 5 heteroatoms. The average Bonchev–Trinajstić information content (AvgIpc) is 2.99. The van der Waals surface area contributed by atoms with Gasteiger partial charge in [-0.15, -0.1) is 0 Å². The Morgan fingerprint density at radius 1 is 1.00 bits per heavy atom. The Morgan fingerprint density at radius 3 is 2.46 bits per heavy atom. The number of aromatic amines is 1. The number of piperazine rings is 1. The molecule has 1 fully saturated rings. The molecule has 2 aromatic carbocycles. The summed E-state index contributed by atoms with van der Waals surface area (Å²) in [6.45, 7) is 8.64. The molecular weight excluding hydrogens is 373 g/mol. The van der Waals surface area contributed by atoms with Gasteiger partial charge in [0.2, 0.25) is 0 Å². The lowest BCUT2D eigenvalue weighted by atomic mass is 10.1. The van der Waals surface area contributed by atoms with Gasteiger partial charge in [0, 0.05) is 54.3 Å². The Morgan fingerprint density at radius 2 is 1.71 bits per heavy atom. The first-order valence-corrected chi connectivity index (χ1v) is 10.4. The molecule has 0 radical (unpaired) electrons. The van der Waals surface area contributed by atoms with Gasteiger partial charge in [-0.1, -0.05) is 23.7 Å². The van der Waals surface area contributed by atoms with E-state index in [-0.39, 0.29) is 5.82 Å². The number of hydrogen-bond donors (Lipinski definition) is 1. The van der Waals surface area contributed by atoms with Crippen LogP contribution >= 0.6 is 11.6 Å². The van der Waals surface area contributed by atoms with Gasteiger partial charge in [0.25, 0.3) is 0 Å². The highest BCUT2D eigenvalue weighted by molar-refractivity contribution is 6.30. The summed E-state index contributed by atoms with van der Waals surface area (Å²) in [5.41, 5.74) is 4.72. The van der Waals surface area contributed by atoms with Gasteiger partial charge >= 0.3 is 0 Å². The summed E-state index contributed by atoms with van der Waals surface area (Å²) >= 11 is 5.97. The molecule has 148 valence electrons. The van der Waals surface area contributed by atoms with Crippen LogP contribution in [0.3, 0.4) is 0 Å². The predicted molar refractivity (Wildman–Crippen MR) is 114 cm³/mol. The number of fused-ring (bicyclic) bond motifs is 1. The third-order valence-electron chi connectivity index (χ3n) is 5.77. The first-order valence-electron chi connectivity index (χ1n) is 10.0. The molecule has 1 N–H and O–H groups in total. The number of benzene rings is 2. The van der Waals surface area contributed by atoms with E-state index >= 15 is 0 Å². The van der Waals surface area contributed by atoms with E-state index < -0.39 is 0 Å². The maximum Gasteiger partial charge on any atom is 0.125 e. The highest BCUT2D eigenvalue weighted by Crippen LogP contribution is 2.24. The molecule has 1 aliphatic rings. The number of nitrogens with one attached hydrogen (secondary N) is 1. The second-order valence-electron chi connectivity index (χ2n) is 7.77. The molecule has 1 aromatic heterocycles. The van der Waals surface area contributed by atoms with Crippen molar-refractivity contribution in [2.24, 2.45) is 0 Å². The van der Waals surface area contributed by atoms with E-state index in [9.17, 15) is 4.39 Å². The summed E-state index contributed by atoms with van der Waals surface area (Å²) in [7, 11) is 0. The van der Waals surface area contributed by atoms with Crippen LogP contribution < -0.4 is 0 Å². The third kappa shape index (κ3) is 4.57. The van der Waals surface area contributed by atoms with E-state index in [1.54, 1.807) is 12.1 Å². The summed E-state index contributed by atoms with van der Waals surface area (Å²) < 4.78 is 13.4. The van der Waals surface area contributed by atoms with Crippen LogP contribution in [0.2, 0.25) is 5.02 Å². The van der Waals surface area contributed by atoms with Crippen LogP contribution in [0.25, 0.3) is 10.9 Å². The van der Waals surface area contributed by atoms with E-state index in [1.165, 1.54) is 11.1 Å². The molecule has 0 aliphatic carbocycles. The zero-order valence-electron chi connectivity index (χ0n) is 16.3. The molecule has 28 heavy (non-hydrogen) atoms. The van der Waals surface area contributed by atoms with Crippen LogP contribution in [0.1, 0.15) is 23.2 Å². The van der Waals surface area contributed by atoms with E-state index in [2.05, 4.69) is 33.8 Å². The van der Waals surface area contributed by atoms with Crippen molar-refractivity contribution in [3.63, 3.8) is 0 Å². The summed E-state index contributed by atoms with van der Waals surface area (Å²) in [5.74, 6) is -0.184. The van der Waals surface area contributed by atoms with E-state index in [0.717, 1.165) is 73.7 Å². The molecule has 0 bridgehead atoms. The highest BCUT2D eigenvalue weighted by Gasteiger charge is 2.17. The lowest BCUT2D eigenvalue weighted by Crippen LogP contribution is -2.46. The van der Waals surface area contributed by atoms with Gasteiger partial charge < -0.3 is 9.88 Å². The molecule has 0 unspecified atom stereocenters. The van der Waals surface area contributed by atoms with E-state index in [4.69, 9.17) is 11.6 Å². The minimum absolute atomic E-state index is 0.184. The quantitative estimate of drug-likeness (QED) is 0.628. The van der Waals surface area contributed by atoms with Gasteiger partial charge in [0.05, 0.1) is 0 Å². The molecular formula is C23H27ClFN3. The molecule has 1 saturated heterocycles. The highest BCUT2D eigenvalue weighted by atomic mass is 35.5. The Labute approximate surface area is 171 Å². The summed E-state index contributed by atoms with van der Waals surface area (Å²) in [6, 6.07) is 13.2. The van der Waals surface area contributed by atoms with Crippen molar-refractivity contribution >= 4 is 22.5 Å². The number of aryl methyl sites for hydroxylation is 2.